The first kappa shape index (κ1) is 28.5. The first-order chi connectivity index (χ1) is 21.7. The summed E-state index contributed by atoms with van der Waals surface area (Å²) in [5.41, 5.74) is -1.93. The van der Waals surface area contributed by atoms with Crippen LogP contribution < -0.4 is 15.4 Å². The molecule has 1 aromatic rings. The SMILES string of the molecule is COC(=O)NC(C(=O)N1CC2C3CC(F)C(C3)C2C1C(=O)N1CC2(CC1C#N)Oc1cccnc1NC2=O)C12CCC(CC1)C2. The molecule has 6 fully saturated rings. The maximum Gasteiger partial charge on any atom is 0.407 e. The molecule has 238 valence electrons. The van der Waals surface area contributed by atoms with Gasteiger partial charge in [-0.2, -0.15) is 5.26 Å². The zero-order valence-electron chi connectivity index (χ0n) is 25.1. The van der Waals surface area contributed by atoms with Gasteiger partial charge in [-0.25, -0.2) is 14.2 Å². The molecule has 2 saturated heterocycles. The summed E-state index contributed by atoms with van der Waals surface area (Å²) in [4.78, 5) is 62.5. The van der Waals surface area contributed by atoms with Crippen LogP contribution in [0, 0.1) is 46.3 Å². The summed E-state index contributed by atoms with van der Waals surface area (Å²) in [6.45, 7) is 0.0988. The van der Waals surface area contributed by atoms with E-state index >= 15 is 4.39 Å². The van der Waals surface area contributed by atoms with Gasteiger partial charge in [0.1, 0.15) is 24.3 Å². The van der Waals surface area contributed by atoms with Crippen LogP contribution in [0.4, 0.5) is 15.0 Å². The average Bonchev–Trinajstić information content (AvgIpc) is 3.88. The zero-order chi connectivity index (χ0) is 31.2. The first-order valence-corrected chi connectivity index (χ1v) is 16.1. The number of amides is 4. The predicted molar refractivity (Wildman–Crippen MR) is 154 cm³/mol. The van der Waals surface area contributed by atoms with Gasteiger partial charge in [0.25, 0.3) is 5.91 Å². The van der Waals surface area contributed by atoms with Gasteiger partial charge in [0.2, 0.25) is 17.4 Å². The van der Waals surface area contributed by atoms with Crippen LogP contribution in [0.3, 0.4) is 0 Å². The van der Waals surface area contributed by atoms with Crippen molar-refractivity contribution in [2.24, 2.45) is 35.0 Å². The molecule has 12 nitrogen and oxygen atoms in total. The van der Waals surface area contributed by atoms with Gasteiger partial charge < -0.3 is 29.9 Å². The van der Waals surface area contributed by atoms with E-state index in [9.17, 15) is 24.4 Å². The van der Waals surface area contributed by atoms with Crippen molar-refractivity contribution in [3.8, 4) is 11.8 Å². The van der Waals surface area contributed by atoms with E-state index in [4.69, 9.17) is 9.47 Å². The number of likely N-dealkylation sites (tertiary alicyclic amines) is 2. The molecule has 45 heavy (non-hydrogen) atoms. The summed E-state index contributed by atoms with van der Waals surface area (Å²) in [6, 6.07) is 2.63. The topological polar surface area (TPSA) is 154 Å². The number of hydrogen-bond acceptors (Lipinski definition) is 8. The Morgan fingerprint density at radius 1 is 1.22 bits per heavy atom. The lowest BCUT2D eigenvalue weighted by Gasteiger charge is -2.40. The number of nitrogens with one attached hydrogen (secondary N) is 2. The van der Waals surface area contributed by atoms with E-state index in [0.717, 1.165) is 32.1 Å². The third-order valence-electron chi connectivity index (χ3n) is 12.4. The number of anilines is 1. The van der Waals surface area contributed by atoms with Crippen LogP contribution in [0.15, 0.2) is 18.3 Å². The number of fused-ring (bicyclic) bond motifs is 8. The number of alkyl halides is 1. The van der Waals surface area contributed by atoms with Crippen molar-refractivity contribution in [1.29, 1.82) is 5.26 Å². The van der Waals surface area contributed by atoms with Crippen LogP contribution in [0.2, 0.25) is 0 Å². The van der Waals surface area contributed by atoms with E-state index in [0.29, 0.717) is 31.1 Å². The van der Waals surface area contributed by atoms with Gasteiger partial charge in [0.05, 0.1) is 19.7 Å². The van der Waals surface area contributed by atoms with E-state index in [1.807, 2.05) is 0 Å². The summed E-state index contributed by atoms with van der Waals surface area (Å²) < 4.78 is 26.4. The van der Waals surface area contributed by atoms with E-state index in [-0.39, 0.29) is 42.4 Å². The highest BCUT2D eigenvalue weighted by atomic mass is 19.1. The average molecular weight is 621 g/mol. The van der Waals surface area contributed by atoms with Crippen molar-refractivity contribution in [2.45, 2.75) is 81.3 Å². The zero-order valence-corrected chi connectivity index (χ0v) is 25.1. The number of aromatic nitrogens is 1. The molecule has 4 amide bonds. The van der Waals surface area contributed by atoms with Gasteiger partial charge in [0.15, 0.2) is 11.6 Å². The van der Waals surface area contributed by atoms with Gasteiger partial charge in [-0.05, 0) is 86.7 Å². The number of carbonyl (C=O) groups is 4. The summed E-state index contributed by atoms with van der Waals surface area (Å²) in [7, 11) is 1.26. The molecule has 7 aliphatic rings. The molecule has 4 heterocycles. The third-order valence-corrected chi connectivity index (χ3v) is 12.4. The molecule has 9 atom stereocenters. The second-order valence-corrected chi connectivity index (χ2v) is 14.4. The van der Waals surface area contributed by atoms with Crippen molar-refractivity contribution in [3.63, 3.8) is 0 Å². The molecular weight excluding hydrogens is 583 g/mol. The third kappa shape index (κ3) is 4.09. The molecule has 13 heteroatoms. The molecule has 0 aromatic carbocycles. The minimum Gasteiger partial charge on any atom is -0.472 e. The number of ether oxygens (including phenoxy) is 2. The molecule has 0 radical (unpaired) electrons. The van der Waals surface area contributed by atoms with Gasteiger partial charge >= 0.3 is 6.09 Å². The largest absolute Gasteiger partial charge is 0.472 e. The minimum atomic E-state index is -1.51. The molecule has 9 unspecified atom stereocenters. The number of methoxy groups -OCH3 is 1. The normalized spacial score (nSPS) is 40.9. The molecular formula is C32H37FN6O6. The Morgan fingerprint density at radius 2 is 2.02 bits per heavy atom. The molecule has 2 N–H and O–H groups in total. The Labute approximate surface area is 260 Å². The smallest absolute Gasteiger partial charge is 0.407 e. The summed E-state index contributed by atoms with van der Waals surface area (Å²) in [5.74, 6) is -0.988. The van der Waals surface area contributed by atoms with E-state index in [1.54, 1.807) is 17.0 Å². The highest BCUT2D eigenvalue weighted by Crippen LogP contribution is 2.60. The Morgan fingerprint density at radius 3 is 2.73 bits per heavy atom. The van der Waals surface area contributed by atoms with Crippen molar-refractivity contribution < 1.29 is 33.0 Å². The second kappa shape index (κ2) is 10.0. The van der Waals surface area contributed by atoms with E-state index < -0.39 is 59.1 Å². The second-order valence-electron chi connectivity index (χ2n) is 14.4. The lowest BCUT2D eigenvalue weighted by molar-refractivity contribution is -0.149. The highest BCUT2D eigenvalue weighted by Gasteiger charge is 2.66. The molecule has 4 saturated carbocycles. The minimum absolute atomic E-state index is 0.0552. The lowest BCUT2D eigenvalue weighted by Crippen LogP contribution is -2.61. The number of nitrogens with zero attached hydrogens (tertiary/aromatic N) is 4. The summed E-state index contributed by atoms with van der Waals surface area (Å²) in [5, 5.41) is 15.8. The van der Waals surface area contributed by atoms with Crippen molar-refractivity contribution in [1.82, 2.24) is 20.1 Å². The Hall–Kier alpha value is -3.95. The Balaban J connectivity index is 1.14. The molecule has 1 spiro atoms. The fraction of sp³-hybridized carbons (Fsp3) is 0.688. The first-order valence-electron chi connectivity index (χ1n) is 16.1. The maximum atomic E-state index is 15.3. The number of nitriles is 1. The number of carbonyl (C=O) groups excluding carboxylic acids is 4. The fourth-order valence-electron chi connectivity index (χ4n) is 10.4. The van der Waals surface area contributed by atoms with Crippen molar-refractivity contribution >= 4 is 29.6 Å². The van der Waals surface area contributed by atoms with Crippen LogP contribution in [-0.2, 0) is 19.1 Å². The standard InChI is InChI=1S/C32H37FN6O6/c1-44-30(43)36-25(31-6-4-16(11-31)5-7-31)28(41)38-14-20-17-9-19(21(33)10-17)23(20)24(38)27(40)39-15-32(12-18(39)13-34)29(42)37-26-22(45-32)3-2-8-35-26/h2-3,8,16-21,23-25H,4-7,9-12,14-15H2,1H3,(H,36,43)(H,35,37,42). The van der Waals surface area contributed by atoms with Crippen molar-refractivity contribution in [3.05, 3.63) is 18.3 Å². The molecule has 4 bridgehead atoms. The van der Waals surface area contributed by atoms with E-state index in [2.05, 4.69) is 21.7 Å². The van der Waals surface area contributed by atoms with Gasteiger partial charge in [0, 0.05) is 24.6 Å². The fourth-order valence-corrected chi connectivity index (χ4v) is 10.4. The maximum absolute atomic E-state index is 15.3. The lowest BCUT2D eigenvalue weighted by atomic mass is 9.76. The highest BCUT2D eigenvalue weighted by molar-refractivity contribution is 6.01. The number of rotatable bonds is 4. The van der Waals surface area contributed by atoms with Crippen LogP contribution >= 0.6 is 0 Å². The van der Waals surface area contributed by atoms with E-state index in [1.165, 1.54) is 18.2 Å². The number of pyridine rings is 1. The molecule has 4 aliphatic carbocycles. The van der Waals surface area contributed by atoms with Crippen LogP contribution in [0.5, 0.6) is 5.75 Å². The summed E-state index contributed by atoms with van der Waals surface area (Å²) >= 11 is 0. The Kier molecular flexibility index (Phi) is 6.35. The predicted octanol–water partition coefficient (Wildman–Crippen LogP) is 2.40. The van der Waals surface area contributed by atoms with Crippen LogP contribution in [-0.4, -0.2) is 88.7 Å². The van der Waals surface area contributed by atoms with Crippen LogP contribution in [0.25, 0.3) is 0 Å². The molecule has 1 aromatic heterocycles. The number of alkyl carbamates (subject to hydrolysis) is 1. The van der Waals surface area contributed by atoms with Crippen molar-refractivity contribution in [2.75, 3.05) is 25.5 Å². The van der Waals surface area contributed by atoms with Gasteiger partial charge in [-0.15, -0.1) is 0 Å². The monoisotopic (exact) mass is 620 g/mol. The molecule has 8 rings (SSSR count). The van der Waals surface area contributed by atoms with Gasteiger partial charge in [-0.1, -0.05) is 0 Å². The number of halogens is 1. The quantitative estimate of drug-likeness (QED) is 0.520. The molecule has 3 aliphatic heterocycles. The number of hydrogen-bond donors (Lipinski definition) is 2. The van der Waals surface area contributed by atoms with Gasteiger partial charge in [-0.3, -0.25) is 14.4 Å². The summed E-state index contributed by atoms with van der Waals surface area (Å²) in [6.07, 6.45) is 5.15. The Bertz CT molecular complexity index is 1510. The van der Waals surface area contributed by atoms with Crippen LogP contribution in [0.1, 0.15) is 51.4 Å².